The van der Waals surface area contributed by atoms with Crippen molar-refractivity contribution in [3.63, 3.8) is 0 Å². The Balaban J connectivity index is 2.04. The Morgan fingerprint density at radius 1 is 1.15 bits per heavy atom. The highest BCUT2D eigenvalue weighted by molar-refractivity contribution is 5.20. The second-order valence-electron chi connectivity index (χ2n) is 3.97. The SMILES string of the molecule is OC[C@H]1CC[C@H](c2ccccc2)C1. The van der Waals surface area contributed by atoms with E-state index in [9.17, 15) is 0 Å². The summed E-state index contributed by atoms with van der Waals surface area (Å²) in [6.45, 7) is 0.364. The summed E-state index contributed by atoms with van der Waals surface area (Å²) in [6, 6.07) is 10.7. The first-order chi connectivity index (χ1) is 6.40. The molecule has 1 saturated carbocycles. The molecule has 0 aliphatic heterocycles. The number of rotatable bonds is 2. The van der Waals surface area contributed by atoms with E-state index in [1.165, 1.54) is 24.8 Å². The van der Waals surface area contributed by atoms with Crippen molar-refractivity contribution >= 4 is 0 Å². The van der Waals surface area contributed by atoms with Gasteiger partial charge in [0, 0.05) is 6.61 Å². The second-order valence-corrected chi connectivity index (χ2v) is 3.97. The third-order valence-electron chi connectivity index (χ3n) is 3.07. The quantitative estimate of drug-likeness (QED) is 0.734. The number of hydrogen-bond acceptors (Lipinski definition) is 1. The van der Waals surface area contributed by atoms with Gasteiger partial charge in [0.25, 0.3) is 0 Å². The van der Waals surface area contributed by atoms with Gasteiger partial charge < -0.3 is 5.11 Å². The van der Waals surface area contributed by atoms with Crippen molar-refractivity contribution in [2.45, 2.75) is 25.2 Å². The summed E-state index contributed by atoms with van der Waals surface area (Å²) in [5, 5.41) is 9.03. The number of aliphatic hydroxyl groups is 1. The monoisotopic (exact) mass is 176 g/mol. The summed E-state index contributed by atoms with van der Waals surface area (Å²) < 4.78 is 0. The fourth-order valence-electron chi connectivity index (χ4n) is 2.27. The van der Waals surface area contributed by atoms with Crippen LogP contribution in [0, 0.1) is 5.92 Å². The molecule has 0 aromatic heterocycles. The predicted octanol–water partition coefficient (Wildman–Crippen LogP) is 2.56. The van der Waals surface area contributed by atoms with Crippen LogP contribution in [-0.2, 0) is 0 Å². The molecule has 2 rings (SSSR count). The van der Waals surface area contributed by atoms with E-state index in [1.54, 1.807) is 0 Å². The van der Waals surface area contributed by atoms with Crippen molar-refractivity contribution in [1.82, 2.24) is 0 Å². The lowest BCUT2D eigenvalue weighted by atomic mass is 9.97. The zero-order valence-electron chi connectivity index (χ0n) is 7.82. The van der Waals surface area contributed by atoms with Crippen molar-refractivity contribution in [3.05, 3.63) is 35.9 Å². The van der Waals surface area contributed by atoms with E-state index in [0.717, 1.165) is 0 Å². The standard InChI is InChI=1S/C12H16O/c13-9-10-6-7-12(8-10)11-4-2-1-3-5-11/h1-5,10,12-13H,6-9H2/t10-,12-/m0/s1. The van der Waals surface area contributed by atoms with Gasteiger partial charge >= 0.3 is 0 Å². The summed E-state index contributed by atoms with van der Waals surface area (Å²) in [7, 11) is 0. The van der Waals surface area contributed by atoms with Gasteiger partial charge in [-0.05, 0) is 36.7 Å². The Morgan fingerprint density at radius 2 is 1.92 bits per heavy atom. The molecule has 0 unspecified atom stereocenters. The fourth-order valence-corrected chi connectivity index (χ4v) is 2.27. The van der Waals surface area contributed by atoms with Gasteiger partial charge in [0.2, 0.25) is 0 Å². The Morgan fingerprint density at radius 3 is 2.54 bits per heavy atom. The third-order valence-corrected chi connectivity index (χ3v) is 3.07. The lowest BCUT2D eigenvalue weighted by Gasteiger charge is -2.09. The highest BCUT2D eigenvalue weighted by Crippen LogP contribution is 2.37. The lowest BCUT2D eigenvalue weighted by Crippen LogP contribution is -2.00. The molecule has 0 saturated heterocycles. The molecular weight excluding hydrogens is 160 g/mol. The zero-order chi connectivity index (χ0) is 9.10. The average Bonchev–Trinajstić information content (AvgIpc) is 2.67. The van der Waals surface area contributed by atoms with Crippen LogP contribution in [0.5, 0.6) is 0 Å². The molecule has 0 amide bonds. The molecule has 70 valence electrons. The molecule has 1 N–H and O–H groups in total. The molecule has 1 fully saturated rings. The number of benzene rings is 1. The molecule has 0 heterocycles. The van der Waals surface area contributed by atoms with Crippen molar-refractivity contribution in [2.75, 3.05) is 6.61 Å². The van der Waals surface area contributed by atoms with Gasteiger partial charge in [-0.15, -0.1) is 0 Å². The van der Waals surface area contributed by atoms with Crippen LogP contribution in [0.2, 0.25) is 0 Å². The van der Waals surface area contributed by atoms with Gasteiger partial charge in [0.1, 0.15) is 0 Å². The first-order valence-electron chi connectivity index (χ1n) is 5.06. The zero-order valence-corrected chi connectivity index (χ0v) is 7.82. The van der Waals surface area contributed by atoms with Crippen LogP contribution in [0.1, 0.15) is 30.7 Å². The van der Waals surface area contributed by atoms with E-state index in [1.807, 2.05) is 0 Å². The molecule has 0 bridgehead atoms. The largest absolute Gasteiger partial charge is 0.396 e. The summed E-state index contributed by atoms with van der Waals surface area (Å²) in [5.74, 6) is 1.24. The van der Waals surface area contributed by atoms with Crippen molar-refractivity contribution < 1.29 is 5.11 Å². The molecule has 2 atom stereocenters. The Hall–Kier alpha value is -0.820. The molecule has 1 aliphatic carbocycles. The highest BCUT2D eigenvalue weighted by atomic mass is 16.3. The van der Waals surface area contributed by atoms with Crippen LogP contribution in [0.25, 0.3) is 0 Å². The van der Waals surface area contributed by atoms with Gasteiger partial charge in [-0.2, -0.15) is 0 Å². The fraction of sp³-hybridized carbons (Fsp3) is 0.500. The molecule has 1 heteroatoms. The van der Waals surface area contributed by atoms with Gasteiger partial charge in [0.15, 0.2) is 0 Å². The minimum Gasteiger partial charge on any atom is -0.396 e. The van der Waals surface area contributed by atoms with Gasteiger partial charge in [0.05, 0.1) is 0 Å². The van der Waals surface area contributed by atoms with E-state index in [4.69, 9.17) is 5.11 Å². The van der Waals surface area contributed by atoms with Gasteiger partial charge in [-0.25, -0.2) is 0 Å². The molecule has 0 spiro atoms. The Bertz CT molecular complexity index is 255. The molecule has 1 nitrogen and oxygen atoms in total. The molecule has 0 radical (unpaired) electrons. The maximum Gasteiger partial charge on any atom is 0.0459 e. The Labute approximate surface area is 79.4 Å². The van der Waals surface area contributed by atoms with Gasteiger partial charge in [-0.1, -0.05) is 30.3 Å². The maximum absolute atomic E-state index is 9.03. The van der Waals surface area contributed by atoms with E-state index in [2.05, 4.69) is 30.3 Å². The number of hydrogen-bond donors (Lipinski definition) is 1. The van der Waals surface area contributed by atoms with E-state index >= 15 is 0 Å². The minimum absolute atomic E-state index is 0.364. The summed E-state index contributed by atoms with van der Waals surface area (Å²) >= 11 is 0. The molecule has 1 aromatic rings. The van der Waals surface area contributed by atoms with Crippen LogP contribution in [0.15, 0.2) is 30.3 Å². The van der Waals surface area contributed by atoms with E-state index in [0.29, 0.717) is 18.4 Å². The third kappa shape index (κ3) is 1.92. The van der Waals surface area contributed by atoms with Crippen LogP contribution in [-0.4, -0.2) is 11.7 Å². The summed E-state index contributed by atoms with van der Waals surface area (Å²) in [5.41, 5.74) is 1.44. The summed E-state index contributed by atoms with van der Waals surface area (Å²) in [4.78, 5) is 0. The summed E-state index contributed by atoms with van der Waals surface area (Å²) in [6.07, 6.45) is 3.60. The van der Waals surface area contributed by atoms with Crippen LogP contribution >= 0.6 is 0 Å². The molecular formula is C12H16O. The van der Waals surface area contributed by atoms with Crippen molar-refractivity contribution in [1.29, 1.82) is 0 Å². The maximum atomic E-state index is 9.03. The Kier molecular flexibility index (Phi) is 2.65. The smallest absolute Gasteiger partial charge is 0.0459 e. The highest BCUT2D eigenvalue weighted by Gasteiger charge is 2.24. The van der Waals surface area contributed by atoms with E-state index < -0.39 is 0 Å². The van der Waals surface area contributed by atoms with Crippen LogP contribution < -0.4 is 0 Å². The minimum atomic E-state index is 0.364. The van der Waals surface area contributed by atoms with E-state index in [-0.39, 0.29) is 0 Å². The normalized spacial score (nSPS) is 27.8. The lowest BCUT2D eigenvalue weighted by molar-refractivity contribution is 0.229. The topological polar surface area (TPSA) is 20.2 Å². The molecule has 1 aliphatic rings. The van der Waals surface area contributed by atoms with Crippen molar-refractivity contribution in [3.8, 4) is 0 Å². The van der Waals surface area contributed by atoms with Crippen molar-refractivity contribution in [2.24, 2.45) is 5.92 Å². The van der Waals surface area contributed by atoms with Gasteiger partial charge in [-0.3, -0.25) is 0 Å². The van der Waals surface area contributed by atoms with Crippen LogP contribution in [0.3, 0.4) is 0 Å². The first kappa shape index (κ1) is 8.76. The first-order valence-corrected chi connectivity index (χ1v) is 5.06. The predicted molar refractivity (Wildman–Crippen MR) is 53.6 cm³/mol. The average molecular weight is 176 g/mol. The molecule has 1 aromatic carbocycles. The number of aliphatic hydroxyl groups excluding tert-OH is 1. The van der Waals surface area contributed by atoms with Crippen LogP contribution in [0.4, 0.5) is 0 Å². The molecule has 13 heavy (non-hydrogen) atoms. The second kappa shape index (κ2) is 3.93.